The number of ether oxygens (including phenoxy) is 1. The van der Waals surface area contributed by atoms with Gasteiger partial charge in [0.2, 0.25) is 0 Å². The third-order valence-electron chi connectivity index (χ3n) is 3.01. The molecule has 1 atom stereocenters. The van der Waals surface area contributed by atoms with Gasteiger partial charge in [-0.25, -0.2) is 0 Å². The molecule has 1 fully saturated rings. The Hall–Kier alpha value is 0.400. The quantitative estimate of drug-likeness (QED) is 0.409. The second-order valence-corrected chi connectivity index (χ2v) is 3.43. The van der Waals surface area contributed by atoms with E-state index in [1.807, 2.05) is 0 Å². The highest BCUT2D eigenvalue weighted by atomic mass is 79.9. The standard InChI is InChI=1S/C9H20NO.BrH/c1-4-10(5-2,6-3)7-9-8-11-9;/h9H,4-8H2,1-3H3;1H/q+1;/p-1. The van der Waals surface area contributed by atoms with E-state index in [1.165, 1.54) is 30.7 Å². The summed E-state index contributed by atoms with van der Waals surface area (Å²) >= 11 is 0. The number of nitrogens with zero attached hydrogens (tertiary/aromatic N) is 1. The zero-order valence-electron chi connectivity index (χ0n) is 8.35. The van der Waals surface area contributed by atoms with Crippen molar-refractivity contribution in [3.8, 4) is 0 Å². The van der Waals surface area contributed by atoms with E-state index in [4.69, 9.17) is 4.74 Å². The summed E-state index contributed by atoms with van der Waals surface area (Å²) in [5.41, 5.74) is 0. The van der Waals surface area contributed by atoms with Crippen LogP contribution < -0.4 is 17.0 Å². The van der Waals surface area contributed by atoms with Gasteiger partial charge in [-0.05, 0) is 20.8 Å². The second-order valence-electron chi connectivity index (χ2n) is 3.43. The molecule has 2 nitrogen and oxygen atoms in total. The van der Waals surface area contributed by atoms with Crippen LogP contribution in [0.3, 0.4) is 0 Å². The summed E-state index contributed by atoms with van der Waals surface area (Å²) in [6.07, 6.45) is 0.579. The van der Waals surface area contributed by atoms with Gasteiger partial charge in [-0.1, -0.05) is 0 Å². The van der Waals surface area contributed by atoms with E-state index in [1.54, 1.807) is 0 Å². The lowest BCUT2D eigenvalue weighted by Crippen LogP contribution is -3.00. The van der Waals surface area contributed by atoms with Gasteiger partial charge in [0.25, 0.3) is 0 Å². The van der Waals surface area contributed by atoms with Crippen molar-refractivity contribution >= 4 is 0 Å². The van der Waals surface area contributed by atoms with Gasteiger partial charge in [0.05, 0.1) is 26.2 Å². The molecule has 0 spiro atoms. The third kappa shape index (κ3) is 3.04. The van der Waals surface area contributed by atoms with E-state index in [0.717, 1.165) is 6.61 Å². The Morgan fingerprint density at radius 3 is 1.83 bits per heavy atom. The van der Waals surface area contributed by atoms with Crippen LogP contribution in [-0.2, 0) is 4.74 Å². The normalized spacial score (nSPS) is 21.8. The van der Waals surface area contributed by atoms with Gasteiger partial charge < -0.3 is 26.2 Å². The maximum absolute atomic E-state index is 5.25. The van der Waals surface area contributed by atoms with E-state index in [0.29, 0.717) is 6.10 Å². The topological polar surface area (TPSA) is 12.5 Å². The number of quaternary nitrogens is 1. The van der Waals surface area contributed by atoms with Crippen molar-refractivity contribution < 1.29 is 26.2 Å². The van der Waals surface area contributed by atoms with Crippen LogP contribution in [0.15, 0.2) is 0 Å². The lowest BCUT2D eigenvalue weighted by Gasteiger charge is -2.35. The van der Waals surface area contributed by atoms with Gasteiger partial charge in [0.15, 0.2) is 0 Å². The minimum Gasteiger partial charge on any atom is -1.00 e. The van der Waals surface area contributed by atoms with Crippen LogP contribution >= 0.6 is 0 Å². The van der Waals surface area contributed by atoms with Gasteiger partial charge >= 0.3 is 0 Å². The Bertz CT molecular complexity index is 113. The number of epoxide rings is 1. The molecule has 0 aromatic rings. The van der Waals surface area contributed by atoms with Crippen molar-refractivity contribution in [1.29, 1.82) is 0 Å². The number of hydrogen-bond acceptors (Lipinski definition) is 1. The lowest BCUT2D eigenvalue weighted by molar-refractivity contribution is -0.923. The molecule has 0 aromatic heterocycles. The fourth-order valence-electron chi connectivity index (χ4n) is 1.66. The molecule has 1 aliphatic rings. The lowest BCUT2D eigenvalue weighted by atomic mass is 10.3. The minimum absolute atomic E-state index is 0. The highest BCUT2D eigenvalue weighted by molar-refractivity contribution is 4.68. The molecule has 1 unspecified atom stereocenters. The summed E-state index contributed by atoms with van der Waals surface area (Å²) in [6, 6.07) is 0. The molecule has 74 valence electrons. The maximum atomic E-state index is 5.25. The molecule has 1 heterocycles. The van der Waals surface area contributed by atoms with Gasteiger partial charge in [-0.2, -0.15) is 0 Å². The summed E-state index contributed by atoms with van der Waals surface area (Å²) in [5.74, 6) is 0. The number of hydrogen-bond donors (Lipinski definition) is 0. The molecule has 1 aliphatic heterocycles. The SMILES string of the molecule is CC[N+](CC)(CC)CC1CO1.[Br-]. The average Bonchev–Trinajstić information content (AvgIpc) is 2.84. The van der Waals surface area contributed by atoms with Crippen molar-refractivity contribution in [2.45, 2.75) is 26.9 Å². The zero-order valence-corrected chi connectivity index (χ0v) is 9.93. The predicted molar refractivity (Wildman–Crippen MR) is 46.5 cm³/mol. The van der Waals surface area contributed by atoms with E-state index in [-0.39, 0.29) is 17.0 Å². The van der Waals surface area contributed by atoms with Crippen molar-refractivity contribution in [2.75, 3.05) is 32.8 Å². The molecule has 0 amide bonds. The van der Waals surface area contributed by atoms with Crippen LogP contribution in [0, 0.1) is 0 Å². The molecule has 0 aromatic carbocycles. The molecule has 0 aliphatic carbocycles. The van der Waals surface area contributed by atoms with Crippen LogP contribution in [0.1, 0.15) is 20.8 Å². The van der Waals surface area contributed by atoms with E-state index in [9.17, 15) is 0 Å². The monoisotopic (exact) mass is 237 g/mol. The Balaban J connectivity index is 0.00000121. The Morgan fingerprint density at radius 1 is 1.17 bits per heavy atom. The van der Waals surface area contributed by atoms with Crippen molar-refractivity contribution in [1.82, 2.24) is 0 Å². The summed E-state index contributed by atoms with van der Waals surface area (Å²) in [6.45, 7) is 12.8. The Kier molecular flexibility index (Phi) is 5.37. The molecule has 3 heteroatoms. The highest BCUT2D eigenvalue weighted by Crippen LogP contribution is 2.16. The van der Waals surface area contributed by atoms with Crippen molar-refractivity contribution in [2.24, 2.45) is 0 Å². The fourth-order valence-corrected chi connectivity index (χ4v) is 1.66. The summed E-state index contributed by atoms with van der Waals surface area (Å²) < 4.78 is 6.48. The van der Waals surface area contributed by atoms with Crippen LogP contribution in [0.2, 0.25) is 0 Å². The maximum Gasteiger partial charge on any atom is 0.130 e. The van der Waals surface area contributed by atoms with Crippen LogP contribution in [-0.4, -0.2) is 43.4 Å². The first kappa shape index (κ1) is 12.4. The number of likely N-dealkylation sites (N-methyl/N-ethyl adjacent to an activating group) is 1. The summed E-state index contributed by atoms with van der Waals surface area (Å²) in [4.78, 5) is 0. The average molecular weight is 238 g/mol. The van der Waals surface area contributed by atoms with Crippen molar-refractivity contribution in [3.63, 3.8) is 0 Å². The molecule has 0 radical (unpaired) electrons. The second kappa shape index (κ2) is 5.20. The van der Waals surface area contributed by atoms with Gasteiger partial charge in [-0.3, -0.25) is 0 Å². The predicted octanol–water partition coefficient (Wildman–Crippen LogP) is -1.73. The molecule has 12 heavy (non-hydrogen) atoms. The molecular formula is C9H20BrNO. The minimum atomic E-state index is 0. The van der Waals surface area contributed by atoms with E-state index in [2.05, 4.69) is 20.8 Å². The first-order chi connectivity index (χ1) is 5.26. The highest BCUT2D eigenvalue weighted by Gasteiger charge is 2.33. The van der Waals surface area contributed by atoms with E-state index < -0.39 is 0 Å². The first-order valence-corrected chi connectivity index (χ1v) is 4.73. The fraction of sp³-hybridized carbons (Fsp3) is 1.00. The Morgan fingerprint density at radius 2 is 1.58 bits per heavy atom. The number of halogens is 1. The van der Waals surface area contributed by atoms with Crippen LogP contribution in [0.5, 0.6) is 0 Å². The van der Waals surface area contributed by atoms with Crippen LogP contribution in [0.4, 0.5) is 0 Å². The summed E-state index contributed by atoms with van der Waals surface area (Å²) in [7, 11) is 0. The zero-order chi connectivity index (χ0) is 8.32. The smallest absolute Gasteiger partial charge is 0.130 e. The third-order valence-corrected chi connectivity index (χ3v) is 3.01. The molecule has 1 rings (SSSR count). The Labute approximate surface area is 86.2 Å². The molecule has 1 saturated heterocycles. The van der Waals surface area contributed by atoms with E-state index >= 15 is 0 Å². The molecule has 0 N–H and O–H groups in total. The van der Waals surface area contributed by atoms with Gasteiger partial charge in [0, 0.05) is 0 Å². The van der Waals surface area contributed by atoms with Crippen LogP contribution in [0.25, 0.3) is 0 Å². The molecule has 0 bridgehead atoms. The van der Waals surface area contributed by atoms with Gasteiger partial charge in [0.1, 0.15) is 12.6 Å². The molecular weight excluding hydrogens is 218 g/mol. The number of rotatable bonds is 5. The molecule has 0 saturated carbocycles. The summed E-state index contributed by atoms with van der Waals surface area (Å²) in [5, 5.41) is 0. The first-order valence-electron chi connectivity index (χ1n) is 4.73. The largest absolute Gasteiger partial charge is 1.00 e. The van der Waals surface area contributed by atoms with Gasteiger partial charge in [-0.15, -0.1) is 0 Å². The van der Waals surface area contributed by atoms with Crippen molar-refractivity contribution in [3.05, 3.63) is 0 Å².